The van der Waals surface area contributed by atoms with E-state index in [1.807, 2.05) is 13.8 Å². The maximum Gasteiger partial charge on any atom is 0.301 e. The largest absolute Gasteiger partial charge is 0.507 e. The van der Waals surface area contributed by atoms with E-state index in [1.165, 1.54) is 23.1 Å². The number of carbonyl (C=O) groups excluding carboxylic acids is 2. The van der Waals surface area contributed by atoms with E-state index in [4.69, 9.17) is 9.47 Å². The van der Waals surface area contributed by atoms with Gasteiger partial charge in [0.05, 0.1) is 28.4 Å². The zero-order valence-corrected chi connectivity index (χ0v) is 21.4. The van der Waals surface area contributed by atoms with Crippen LogP contribution < -0.4 is 14.4 Å². The normalized spacial score (nSPS) is 20.1. The van der Waals surface area contributed by atoms with Crippen LogP contribution in [0.2, 0.25) is 0 Å². The number of benzene rings is 3. The Balaban J connectivity index is 1.54. The Morgan fingerprint density at radius 2 is 2.03 bits per heavy atom. The van der Waals surface area contributed by atoms with Crippen molar-refractivity contribution in [1.29, 1.82) is 0 Å². The van der Waals surface area contributed by atoms with E-state index in [0.29, 0.717) is 40.1 Å². The fourth-order valence-electron chi connectivity index (χ4n) is 5.00. The molecular weight excluding hydrogens is 507 g/mol. The molecule has 0 radical (unpaired) electrons. The summed E-state index contributed by atoms with van der Waals surface area (Å²) in [5, 5.41) is 11.7. The number of halogens is 1. The van der Waals surface area contributed by atoms with Crippen LogP contribution in [-0.4, -0.2) is 34.5 Å². The molecule has 3 heterocycles. The number of ether oxygens (including phenoxy) is 2. The minimum Gasteiger partial charge on any atom is -0.507 e. The number of thiazole rings is 1. The summed E-state index contributed by atoms with van der Waals surface area (Å²) in [6.45, 7) is 4.25. The number of amides is 1. The van der Waals surface area contributed by atoms with Gasteiger partial charge in [0.2, 0.25) is 0 Å². The van der Waals surface area contributed by atoms with Crippen LogP contribution in [0.5, 0.6) is 11.5 Å². The minimum atomic E-state index is -0.968. The van der Waals surface area contributed by atoms with Gasteiger partial charge < -0.3 is 14.6 Å². The molecule has 4 aromatic rings. The second-order valence-corrected chi connectivity index (χ2v) is 10.2. The number of fused-ring (bicyclic) bond motifs is 2. The van der Waals surface area contributed by atoms with Crippen LogP contribution >= 0.6 is 11.3 Å². The maximum atomic E-state index is 13.9. The van der Waals surface area contributed by atoms with Crippen LogP contribution in [0.15, 0.2) is 66.2 Å². The van der Waals surface area contributed by atoms with Gasteiger partial charge in [-0.05, 0) is 73.5 Å². The van der Waals surface area contributed by atoms with Gasteiger partial charge in [-0.1, -0.05) is 23.5 Å². The highest BCUT2D eigenvalue weighted by Gasteiger charge is 2.48. The van der Waals surface area contributed by atoms with E-state index < -0.39 is 23.5 Å². The molecule has 192 valence electrons. The summed E-state index contributed by atoms with van der Waals surface area (Å²) in [5.41, 5.74) is 2.35. The number of Topliss-reactive ketones (excluding diaryl/α,β-unsaturated/α-hetero) is 1. The Morgan fingerprint density at radius 3 is 2.84 bits per heavy atom. The first-order valence-electron chi connectivity index (χ1n) is 12.2. The van der Waals surface area contributed by atoms with Gasteiger partial charge >= 0.3 is 5.91 Å². The molecule has 1 aromatic heterocycles. The van der Waals surface area contributed by atoms with Gasteiger partial charge in [0.1, 0.15) is 29.2 Å². The number of aliphatic hydroxyl groups excluding tert-OH is 1. The predicted octanol–water partition coefficient (Wildman–Crippen LogP) is 5.78. The summed E-state index contributed by atoms with van der Waals surface area (Å²) in [7, 11) is 0. The van der Waals surface area contributed by atoms with E-state index >= 15 is 0 Å². The minimum absolute atomic E-state index is 0.0122. The molecule has 1 fully saturated rings. The smallest absolute Gasteiger partial charge is 0.301 e. The van der Waals surface area contributed by atoms with Crippen LogP contribution in [-0.2, 0) is 16.0 Å². The van der Waals surface area contributed by atoms with Gasteiger partial charge in [-0.15, -0.1) is 0 Å². The second kappa shape index (κ2) is 9.25. The Labute approximate surface area is 221 Å². The van der Waals surface area contributed by atoms with Crippen molar-refractivity contribution in [2.45, 2.75) is 32.4 Å². The molecule has 2 aliphatic rings. The van der Waals surface area contributed by atoms with Gasteiger partial charge in [0, 0.05) is 12.0 Å². The number of hydrogen-bond donors (Lipinski definition) is 1. The van der Waals surface area contributed by atoms with Crippen LogP contribution in [0.4, 0.5) is 9.52 Å². The average molecular weight is 531 g/mol. The number of aliphatic hydroxyl groups is 1. The number of rotatable bonds is 5. The average Bonchev–Trinajstić information content (AvgIpc) is 3.56. The van der Waals surface area contributed by atoms with E-state index in [1.54, 1.807) is 42.5 Å². The van der Waals surface area contributed by atoms with Crippen molar-refractivity contribution in [2.24, 2.45) is 0 Å². The van der Waals surface area contributed by atoms with Crippen LogP contribution in [0.3, 0.4) is 0 Å². The van der Waals surface area contributed by atoms with Gasteiger partial charge in [0.25, 0.3) is 5.78 Å². The molecule has 6 rings (SSSR count). The molecule has 0 unspecified atom stereocenters. The lowest BCUT2D eigenvalue weighted by Gasteiger charge is -2.23. The lowest BCUT2D eigenvalue weighted by Crippen LogP contribution is -2.29. The highest BCUT2D eigenvalue weighted by Crippen LogP contribution is 2.45. The SMILES string of the molecule is CCOc1cccc([C@H]2/C(=C(\O)c3ccc4c(c3)C[C@@H](C)O4)C(=O)C(=O)N2c2nc3ccc(F)cc3s2)c1. The Bertz CT molecular complexity index is 1650. The van der Waals surface area contributed by atoms with E-state index in [2.05, 4.69) is 4.98 Å². The first-order valence-corrected chi connectivity index (χ1v) is 13.1. The summed E-state index contributed by atoms with van der Waals surface area (Å²) in [6.07, 6.45) is 0.686. The third-order valence-electron chi connectivity index (χ3n) is 6.64. The first-order chi connectivity index (χ1) is 18.3. The molecule has 1 N–H and O–H groups in total. The zero-order chi connectivity index (χ0) is 26.6. The number of carbonyl (C=O) groups is 2. The molecule has 1 amide bonds. The van der Waals surface area contributed by atoms with Gasteiger partial charge in [-0.3, -0.25) is 14.5 Å². The standard InChI is InChI=1S/C29H23FN2O5S/c1-3-36-20-6-4-5-16(13-20)25-24(26(33)17-7-10-22-18(12-17)11-15(2)37-22)27(34)28(35)32(25)29-31-21-9-8-19(30)14-23(21)38-29/h4-10,12-15,25,33H,3,11H2,1-2H3/b26-24+/t15-,25+/m1/s1. The van der Waals surface area contributed by atoms with Gasteiger partial charge in [0.15, 0.2) is 5.13 Å². The van der Waals surface area contributed by atoms with E-state index in [-0.39, 0.29) is 22.6 Å². The molecule has 2 aliphatic heterocycles. The monoisotopic (exact) mass is 530 g/mol. The highest BCUT2D eigenvalue weighted by molar-refractivity contribution is 7.22. The molecule has 38 heavy (non-hydrogen) atoms. The van der Waals surface area contributed by atoms with Crippen molar-refractivity contribution < 1.29 is 28.6 Å². The molecule has 0 bridgehead atoms. The molecule has 3 aromatic carbocycles. The van der Waals surface area contributed by atoms with Gasteiger partial charge in [-0.25, -0.2) is 9.37 Å². The molecule has 0 spiro atoms. The fourth-order valence-corrected chi connectivity index (χ4v) is 6.02. The number of anilines is 1. The predicted molar refractivity (Wildman–Crippen MR) is 142 cm³/mol. The number of nitrogens with zero attached hydrogens (tertiary/aromatic N) is 2. The summed E-state index contributed by atoms with van der Waals surface area (Å²) in [4.78, 5) is 32.8. The van der Waals surface area contributed by atoms with Crippen molar-refractivity contribution in [3.63, 3.8) is 0 Å². The molecule has 7 nitrogen and oxygen atoms in total. The fraction of sp³-hybridized carbons (Fsp3) is 0.207. The van der Waals surface area contributed by atoms with Gasteiger partial charge in [-0.2, -0.15) is 0 Å². The molecular formula is C29H23FN2O5S. The molecule has 0 saturated carbocycles. The van der Waals surface area contributed by atoms with Crippen molar-refractivity contribution in [3.8, 4) is 11.5 Å². The zero-order valence-electron chi connectivity index (χ0n) is 20.6. The third-order valence-corrected chi connectivity index (χ3v) is 7.66. The van der Waals surface area contributed by atoms with E-state index in [9.17, 15) is 19.1 Å². The lowest BCUT2D eigenvalue weighted by molar-refractivity contribution is -0.132. The van der Waals surface area contributed by atoms with Crippen molar-refractivity contribution in [1.82, 2.24) is 4.98 Å². The van der Waals surface area contributed by atoms with Crippen LogP contribution in [0.1, 0.15) is 36.6 Å². The molecule has 9 heteroatoms. The second-order valence-electron chi connectivity index (χ2n) is 9.24. The lowest BCUT2D eigenvalue weighted by atomic mass is 9.94. The molecule has 2 atom stereocenters. The topological polar surface area (TPSA) is 89.0 Å². The maximum absolute atomic E-state index is 13.9. The van der Waals surface area contributed by atoms with Crippen LogP contribution in [0, 0.1) is 5.82 Å². The van der Waals surface area contributed by atoms with E-state index in [0.717, 1.165) is 22.6 Å². The molecule has 1 saturated heterocycles. The Morgan fingerprint density at radius 1 is 1.18 bits per heavy atom. The third kappa shape index (κ3) is 3.99. The quantitative estimate of drug-likeness (QED) is 0.200. The van der Waals surface area contributed by atoms with Crippen molar-refractivity contribution in [3.05, 3.63) is 88.7 Å². The Kier molecular flexibility index (Phi) is 5.87. The summed E-state index contributed by atoms with van der Waals surface area (Å²) in [5.74, 6) is -1.07. The Hall–Kier alpha value is -4.24. The summed E-state index contributed by atoms with van der Waals surface area (Å²) >= 11 is 1.10. The number of aromatic nitrogens is 1. The number of ketones is 1. The van der Waals surface area contributed by atoms with Crippen molar-refractivity contribution in [2.75, 3.05) is 11.5 Å². The molecule has 0 aliphatic carbocycles. The summed E-state index contributed by atoms with van der Waals surface area (Å²) in [6, 6.07) is 15.5. The summed E-state index contributed by atoms with van der Waals surface area (Å²) < 4.78 is 25.9. The number of hydrogen-bond acceptors (Lipinski definition) is 7. The first kappa shape index (κ1) is 24.1. The van der Waals surface area contributed by atoms with Crippen molar-refractivity contribution >= 4 is 44.1 Å². The van der Waals surface area contributed by atoms with Crippen LogP contribution in [0.25, 0.3) is 16.0 Å². The highest BCUT2D eigenvalue weighted by atomic mass is 32.1.